The molecule has 0 saturated heterocycles. The molecular weight excluding hydrogens is 549 g/mol. The molecule has 0 radical (unpaired) electrons. The highest BCUT2D eigenvalue weighted by Crippen LogP contribution is 2.34. The number of urea groups is 1. The van der Waals surface area contributed by atoms with Gasteiger partial charge in [0.1, 0.15) is 11.6 Å². The maximum absolute atomic E-state index is 13.5. The molecule has 0 fully saturated rings. The van der Waals surface area contributed by atoms with Crippen LogP contribution in [0.25, 0.3) is 0 Å². The summed E-state index contributed by atoms with van der Waals surface area (Å²) in [5.41, 5.74) is 1.92. The van der Waals surface area contributed by atoms with E-state index in [0.29, 0.717) is 34.4 Å². The van der Waals surface area contributed by atoms with E-state index >= 15 is 0 Å². The number of hydrogen-bond acceptors (Lipinski definition) is 7. The number of aromatic nitrogens is 3. The van der Waals surface area contributed by atoms with E-state index in [1.54, 1.807) is 37.6 Å². The van der Waals surface area contributed by atoms with Crippen molar-refractivity contribution in [2.75, 3.05) is 39.3 Å². The number of carbonyl (C=O) groups is 2. The van der Waals surface area contributed by atoms with Gasteiger partial charge in [-0.05, 0) is 61.9 Å². The van der Waals surface area contributed by atoms with E-state index in [0.717, 1.165) is 30.1 Å². The number of pyridine rings is 1. The van der Waals surface area contributed by atoms with Crippen molar-refractivity contribution in [3.05, 3.63) is 89.2 Å². The van der Waals surface area contributed by atoms with Gasteiger partial charge in [0, 0.05) is 36.6 Å². The van der Waals surface area contributed by atoms with Crippen molar-refractivity contribution >= 4 is 46.6 Å². The zero-order valence-electron chi connectivity index (χ0n) is 23.0. The fraction of sp³-hybridized carbons (Fsp3) is 0.207. The summed E-state index contributed by atoms with van der Waals surface area (Å²) in [4.78, 5) is 42.4. The van der Waals surface area contributed by atoms with Crippen LogP contribution in [0.4, 0.5) is 52.6 Å². The molecule has 0 aliphatic carbocycles. The predicted octanol–water partition coefficient (Wildman–Crippen LogP) is 6.20. The summed E-state index contributed by atoms with van der Waals surface area (Å²) in [6, 6.07) is 12.4. The Labute approximate surface area is 239 Å². The van der Waals surface area contributed by atoms with Gasteiger partial charge in [-0.25, -0.2) is 14.8 Å². The summed E-state index contributed by atoms with van der Waals surface area (Å²) in [6.07, 6.45) is -1.28. The standard InChI is InChI=1S/C29H27F3N8O2/c1-4-33-24-11-10-22(15-34-24)37-27-35-14-19-16-40(28(42)39(3)25(19)38-27)23-13-21(9-8-17(23)2)36-26(41)18-6-5-7-20(12-18)29(30,31)32/h5-15H,4,16H2,1-3H3,(H,33,34)(H,36,41)(H,35,37,38). The van der Waals surface area contributed by atoms with Gasteiger partial charge in [-0.3, -0.25) is 14.6 Å². The number of alkyl halides is 3. The van der Waals surface area contributed by atoms with Crippen molar-refractivity contribution in [2.45, 2.75) is 26.6 Å². The minimum Gasteiger partial charge on any atom is -0.370 e. The van der Waals surface area contributed by atoms with Gasteiger partial charge in [0.2, 0.25) is 5.95 Å². The topological polar surface area (TPSA) is 115 Å². The lowest BCUT2D eigenvalue weighted by Gasteiger charge is -2.35. The molecule has 2 aromatic carbocycles. The van der Waals surface area contributed by atoms with Crippen LogP contribution in [0.15, 0.2) is 67.0 Å². The summed E-state index contributed by atoms with van der Waals surface area (Å²) in [5, 5.41) is 8.85. The van der Waals surface area contributed by atoms with Crippen LogP contribution in [-0.2, 0) is 12.7 Å². The minimum absolute atomic E-state index is 0.138. The molecule has 0 unspecified atom stereocenters. The number of rotatable bonds is 7. The van der Waals surface area contributed by atoms with Crippen LogP contribution in [0.1, 0.15) is 34.0 Å². The van der Waals surface area contributed by atoms with Gasteiger partial charge in [-0.15, -0.1) is 0 Å². The molecule has 2 aromatic heterocycles. The molecule has 3 N–H and O–H groups in total. The van der Waals surface area contributed by atoms with Crippen molar-refractivity contribution in [1.82, 2.24) is 15.0 Å². The molecule has 3 amide bonds. The Balaban J connectivity index is 1.35. The Morgan fingerprint density at radius 2 is 1.81 bits per heavy atom. The second-order valence-corrected chi connectivity index (χ2v) is 9.59. The first-order valence-corrected chi connectivity index (χ1v) is 13.0. The zero-order chi connectivity index (χ0) is 30.0. The first-order chi connectivity index (χ1) is 20.0. The number of carbonyl (C=O) groups excluding carboxylic acids is 2. The van der Waals surface area contributed by atoms with Gasteiger partial charge in [0.05, 0.1) is 29.7 Å². The smallest absolute Gasteiger partial charge is 0.370 e. The fourth-order valence-corrected chi connectivity index (χ4v) is 4.46. The first-order valence-electron chi connectivity index (χ1n) is 13.0. The maximum Gasteiger partial charge on any atom is 0.416 e. The molecule has 0 saturated carbocycles. The van der Waals surface area contributed by atoms with Crippen molar-refractivity contribution in [2.24, 2.45) is 0 Å². The van der Waals surface area contributed by atoms with E-state index < -0.39 is 17.6 Å². The SMILES string of the molecule is CCNc1ccc(Nc2ncc3c(n2)N(C)C(=O)N(c2cc(NC(=O)c4cccc(C(F)(F)F)c4)ccc2C)C3)cn1. The number of hydrogen-bond donors (Lipinski definition) is 3. The summed E-state index contributed by atoms with van der Waals surface area (Å²) >= 11 is 0. The minimum atomic E-state index is -4.57. The van der Waals surface area contributed by atoms with Gasteiger partial charge in [0.15, 0.2) is 0 Å². The molecular formula is C29H27F3N8O2. The van der Waals surface area contributed by atoms with Crippen molar-refractivity contribution < 1.29 is 22.8 Å². The monoisotopic (exact) mass is 576 g/mol. The van der Waals surface area contributed by atoms with E-state index in [1.807, 2.05) is 26.0 Å². The Hall–Kier alpha value is -5.20. The van der Waals surface area contributed by atoms with Crippen LogP contribution in [0.3, 0.4) is 0 Å². The number of amides is 3. The second-order valence-electron chi connectivity index (χ2n) is 9.59. The average Bonchev–Trinajstić information content (AvgIpc) is 2.97. The Morgan fingerprint density at radius 3 is 2.52 bits per heavy atom. The zero-order valence-corrected chi connectivity index (χ0v) is 23.0. The Morgan fingerprint density at radius 1 is 1.02 bits per heavy atom. The second kappa shape index (κ2) is 11.4. The molecule has 4 aromatic rings. The van der Waals surface area contributed by atoms with Gasteiger partial charge < -0.3 is 16.0 Å². The highest BCUT2D eigenvalue weighted by Gasteiger charge is 2.32. The summed E-state index contributed by atoms with van der Waals surface area (Å²) in [7, 11) is 1.60. The molecule has 0 bridgehead atoms. The van der Waals surface area contributed by atoms with Gasteiger partial charge in [-0.2, -0.15) is 18.2 Å². The van der Waals surface area contributed by atoms with Gasteiger partial charge in [0.25, 0.3) is 5.91 Å². The van der Waals surface area contributed by atoms with Crippen LogP contribution in [0, 0.1) is 6.92 Å². The Bertz CT molecular complexity index is 1640. The fourth-order valence-electron chi connectivity index (χ4n) is 4.46. The van der Waals surface area contributed by atoms with E-state index in [-0.39, 0.29) is 18.1 Å². The van der Waals surface area contributed by atoms with E-state index in [1.165, 1.54) is 21.9 Å². The summed E-state index contributed by atoms with van der Waals surface area (Å²) in [5.74, 6) is 0.783. The summed E-state index contributed by atoms with van der Waals surface area (Å²) < 4.78 is 39.3. The summed E-state index contributed by atoms with van der Waals surface area (Å²) in [6.45, 7) is 4.72. The molecule has 1 aliphatic heterocycles. The third-order valence-corrected chi connectivity index (χ3v) is 6.59. The van der Waals surface area contributed by atoms with Gasteiger partial charge in [-0.1, -0.05) is 12.1 Å². The third kappa shape index (κ3) is 5.94. The van der Waals surface area contributed by atoms with Crippen LogP contribution in [0.5, 0.6) is 0 Å². The lowest BCUT2D eigenvalue weighted by Crippen LogP contribution is -2.46. The number of benzene rings is 2. The largest absolute Gasteiger partial charge is 0.416 e. The lowest BCUT2D eigenvalue weighted by atomic mass is 10.1. The molecule has 0 atom stereocenters. The molecule has 10 nitrogen and oxygen atoms in total. The number of halogens is 3. The molecule has 216 valence electrons. The third-order valence-electron chi connectivity index (χ3n) is 6.59. The van der Waals surface area contributed by atoms with Crippen molar-refractivity contribution in [1.29, 1.82) is 0 Å². The first kappa shape index (κ1) is 28.3. The normalized spacial score (nSPS) is 13.0. The van der Waals surface area contributed by atoms with Crippen LogP contribution < -0.4 is 25.8 Å². The van der Waals surface area contributed by atoms with E-state index in [2.05, 4.69) is 30.9 Å². The van der Waals surface area contributed by atoms with Crippen molar-refractivity contribution in [3.63, 3.8) is 0 Å². The van der Waals surface area contributed by atoms with E-state index in [9.17, 15) is 22.8 Å². The maximum atomic E-state index is 13.5. The number of anilines is 6. The highest BCUT2D eigenvalue weighted by molar-refractivity contribution is 6.07. The predicted molar refractivity (Wildman–Crippen MR) is 154 cm³/mol. The highest BCUT2D eigenvalue weighted by atomic mass is 19.4. The molecule has 5 rings (SSSR count). The number of fused-ring (bicyclic) bond motifs is 1. The lowest BCUT2D eigenvalue weighted by molar-refractivity contribution is -0.137. The van der Waals surface area contributed by atoms with Gasteiger partial charge >= 0.3 is 12.2 Å². The molecule has 3 heterocycles. The number of nitrogens with zero attached hydrogens (tertiary/aromatic N) is 5. The molecule has 0 spiro atoms. The average molecular weight is 577 g/mol. The molecule has 1 aliphatic rings. The number of aryl methyl sites for hydroxylation is 1. The van der Waals surface area contributed by atoms with Crippen LogP contribution >= 0.6 is 0 Å². The van der Waals surface area contributed by atoms with Crippen LogP contribution in [-0.4, -0.2) is 40.5 Å². The van der Waals surface area contributed by atoms with E-state index in [4.69, 9.17) is 0 Å². The Kier molecular flexibility index (Phi) is 7.66. The molecule has 13 heteroatoms. The molecule has 42 heavy (non-hydrogen) atoms. The quantitative estimate of drug-likeness (QED) is 0.240. The van der Waals surface area contributed by atoms with Crippen molar-refractivity contribution in [3.8, 4) is 0 Å². The van der Waals surface area contributed by atoms with Crippen LogP contribution in [0.2, 0.25) is 0 Å². The number of nitrogens with one attached hydrogen (secondary N) is 3.